The molecule has 2 heterocycles. The van der Waals surface area contributed by atoms with Gasteiger partial charge in [0.2, 0.25) is 0 Å². The average molecular weight is 437 g/mol. The van der Waals surface area contributed by atoms with Crippen molar-refractivity contribution in [3.05, 3.63) is 78.5 Å². The van der Waals surface area contributed by atoms with Crippen LogP contribution in [0, 0.1) is 6.92 Å². The normalized spacial score (nSPS) is 14.5. The molecule has 1 aliphatic rings. The molecule has 162 valence electrons. The van der Waals surface area contributed by atoms with Crippen molar-refractivity contribution in [3.63, 3.8) is 0 Å². The lowest BCUT2D eigenvalue weighted by atomic mass is 10.1. The molecule has 31 heavy (non-hydrogen) atoms. The van der Waals surface area contributed by atoms with Crippen molar-refractivity contribution < 1.29 is 8.42 Å². The van der Waals surface area contributed by atoms with Crippen LogP contribution in [0.4, 0.5) is 17.2 Å². The van der Waals surface area contributed by atoms with Gasteiger partial charge in [0.15, 0.2) is 0 Å². The smallest absolute Gasteiger partial charge is 0.265 e. The van der Waals surface area contributed by atoms with E-state index in [1.807, 2.05) is 31.2 Å². The molecule has 1 fully saturated rings. The average Bonchev–Trinajstić information content (AvgIpc) is 2.81. The number of hydrogen-bond acceptors (Lipinski definition) is 5. The third kappa shape index (κ3) is 4.37. The van der Waals surface area contributed by atoms with Gasteiger partial charge < -0.3 is 9.80 Å². The first kappa shape index (κ1) is 21.2. The summed E-state index contributed by atoms with van der Waals surface area (Å²) in [6.07, 6.45) is 1.48. The fourth-order valence-electron chi connectivity index (χ4n) is 4.02. The molecule has 0 atom stereocenters. The molecule has 0 N–H and O–H groups in total. The summed E-state index contributed by atoms with van der Waals surface area (Å²) in [6.45, 7) is 7.83. The molecule has 4 rings (SSSR count). The first-order chi connectivity index (χ1) is 15.0. The van der Waals surface area contributed by atoms with Gasteiger partial charge in [-0.3, -0.25) is 4.31 Å². The molecular weight excluding hydrogens is 408 g/mol. The highest BCUT2D eigenvalue weighted by molar-refractivity contribution is 7.92. The second-order valence-corrected chi connectivity index (χ2v) is 9.48. The predicted octanol–water partition coefficient (Wildman–Crippen LogP) is 3.93. The molecule has 0 spiro atoms. The number of aryl methyl sites for hydroxylation is 1. The van der Waals surface area contributed by atoms with Gasteiger partial charge in [0.25, 0.3) is 10.0 Å². The van der Waals surface area contributed by atoms with Crippen molar-refractivity contribution in [1.29, 1.82) is 0 Å². The minimum absolute atomic E-state index is 0.209. The zero-order valence-electron chi connectivity index (χ0n) is 18.0. The highest BCUT2D eigenvalue weighted by Crippen LogP contribution is 2.25. The van der Waals surface area contributed by atoms with E-state index in [-0.39, 0.29) is 4.90 Å². The van der Waals surface area contributed by atoms with Gasteiger partial charge >= 0.3 is 0 Å². The van der Waals surface area contributed by atoms with E-state index < -0.39 is 10.0 Å². The summed E-state index contributed by atoms with van der Waals surface area (Å²) in [5.74, 6) is 0.811. The van der Waals surface area contributed by atoms with Crippen LogP contribution in [0.15, 0.2) is 77.8 Å². The molecule has 1 saturated heterocycles. The Labute approximate surface area is 184 Å². The molecule has 0 amide bonds. The fourth-order valence-corrected chi connectivity index (χ4v) is 5.44. The van der Waals surface area contributed by atoms with Crippen LogP contribution in [0.25, 0.3) is 0 Å². The standard InChI is InChI=1S/C24H28N4O2S/c1-3-28(21-10-5-4-6-11-21)31(29,30)22-13-14-24(25-19-22)27-17-15-26(16-18-27)23-12-8-7-9-20(23)2/h4-14,19H,3,15-18H2,1-2H3. The number of hydrogen-bond donors (Lipinski definition) is 0. The number of pyridine rings is 1. The summed E-state index contributed by atoms with van der Waals surface area (Å²) in [5, 5.41) is 0. The molecule has 6 nitrogen and oxygen atoms in total. The zero-order chi connectivity index (χ0) is 21.8. The van der Waals surface area contributed by atoms with Gasteiger partial charge in [-0.25, -0.2) is 13.4 Å². The van der Waals surface area contributed by atoms with Gasteiger partial charge in [-0.1, -0.05) is 36.4 Å². The summed E-state index contributed by atoms with van der Waals surface area (Å²) in [4.78, 5) is 9.31. The Hall–Kier alpha value is -3.06. The second-order valence-electron chi connectivity index (χ2n) is 7.62. The number of piperazine rings is 1. The van der Waals surface area contributed by atoms with E-state index in [1.54, 1.807) is 18.2 Å². The monoisotopic (exact) mass is 436 g/mol. The van der Waals surface area contributed by atoms with Crippen LogP contribution in [-0.2, 0) is 10.0 Å². The van der Waals surface area contributed by atoms with Gasteiger partial charge in [0, 0.05) is 44.6 Å². The molecule has 2 aromatic carbocycles. The number of para-hydroxylation sites is 2. The highest BCUT2D eigenvalue weighted by Gasteiger charge is 2.25. The van der Waals surface area contributed by atoms with E-state index in [4.69, 9.17) is 0 Å². The molecule has 0 aliphatic carbocycles. The molecule has 0 radical (unpaired) electrons. The minimum atomic E-state index is -3.66. The predicted molar refractivity (Wildman–Crippen MR) is 126 cm³/mol. The Morgan fingerprint density at radius 1 is 0.871 bits per heavy atom. The molecule has 0 unspecified atom stereocenters. The maximum absolute atomic E-state index is 13.1. The first-order valence-electron chi connectivity index (χ1n) is 10.6. The van der Waals surface area contributed by atoms with Crippen LogP contribution in [0.5, 0.6) is 0 Å². The Balaban J connectivity index is 1.47. The number of aromatic nitrogens is 1. The number of anilines is 3. The summed E-state index contributed by atoms with van der Waals surface area (Å²) >= 11 is 0. The zero-order valence-corrected chi connectivity index (χ0v) is 18.8. The van der Waals surface area contributed by atoms with Crippen LogP contribution < -0.4 is 14.1 Å². The van der Waals surface area contributed by atoms with Crippen LogP contribution in [0.3, 0.4) is 0 Å². The number of sulfonamides is 1. The van der Waals surface area contributed by atoms with E-state index in [0.29, 0.717) is 12.2 Å². The SMILES string of the molecule is CCN(c1ccccc1)S(=O)(=O)c1ccc(N2CCN(c3ccccc3C)CC2)nc1. The third-order valence-corrected chi connectivity index (χ3v) is 7.59. The van der Waals surface area contributed by atoms with Gasteiger partial charge in [-0.05, 0) is 49.7 Å². The van der Waals surface area contributed by atoms with Crippen LogP contribution in [0.1, 0.15) is 12.5 Å². The lowest BCUT2D eigenvalue weighted by Crippen LogP contribution is -2.47. The van der Waals surface area contributed by atoms with Gasteiger partial charge in [0.1, 0.15) is 10.7 Å². The maximum Gasteiger partial charge on any atom is 0.265 e. The Bertz CT molecular complexity index is 1110. The topological polar surface area (TPSA) is 56.8 Å². The van der Waals surface area contributed by atoms with E-state index in [0.717, 1.165) is 32.0 Å². The number of rotatable bonds is 6. The van der Waals surface area contributed by atoms with Gasteiger partial charge in [-0.2, -0.15) is 0 Å². The summed E-state index contributed by atoms with van der Waals surface area (Å²) in [6, 6.07) is 21.1. The molecular formula is C24H28N4O2S. The van der Waals surface area contributed by atoms with E-state index in [9.17, 15) is 8.42 Å². The van der Waals surface area contributed by atoms with Gasteiger partial charge in [0.05, 0.1) is 5.69 Å². The summed E-state index contributed by atoms with van der Waals surface area (Å²) in [7, 11) is -3.66. The minimum Gasteiger partial charge on any atom is -0.368 e. The summed E-state index contributed by atoms with van der Waals surface area (Å²) < 4.78 is 27.7. The fraction of sp³-hybridized carbons (Fsp3) is 0.292. The van der Waals surface area contributed by atoms with E-state index in [1.165, 1.54) is 21.8 Å². The Morgan fingerprint density at radius 3 is 2.13 bits per heavy atom. The molecule has 1 aliphatic heterocycles. The van der Waals surface area contributed by atoms with Crippen molar-refractivity contribution in [2.45, 2.75) is 18.7 Å². The first-order valence-corrected chi connectivity index (χ1v) is 12.0. The van der Waals surface area contributed by atoms with Crippen LogP contribution in [0.2, 0.25) is 0 Å². The molecule has 0 bridgehead atoms. The second kappa shape index (κ2) is 8.98. The lowest BCUT2D eigenvalue weighted by Gasteiger charge is -2.37. The van der Waals surface area contributed by atoms with Crippen molar-refractivity contribution in [3.8, 4) is 0 Å². The molecule has 3 aromatic rings. The van der Waals surface area contributed by atoms with E-state index in [2.05, 4.69) is 46.0 Å². The maximum atomic E-state index is 13.1. The summed E-state index contributed by atoms with van der Waals surface area (Å²) in [5.41, 5.74) is 3.21. The lowest BCUT2D eigenvalue weighted by molar-refractivity contribution is 0.591. The van der Waals surface area contributed by atoms with Crippen LogP contribution >= 0.6 is 0 Å². The number of nitrogens with zero attached hydrogens (tertiary/aromatic N) is 4. The van der Waals surface area contributed by atoms with E-state index >= 15 is 0 Å². The molecule has 1 aromatic heterocycles. The van der Waals surface area contributed by atoms with Crippen molar-refractivity contribution >= 4 is 27.2 Å². The van der Waals surface area contributed by atoms with Crippen molar-refractivity contribution in [1.82, 2.24) is 4.98 Å². The Morgan fingerprint density at radius 2 is 1.52 bits per heavy atom. The number of benzene rings is 2. The largest absolute Gasteiger partial charge is 0.368 e. The molecule has 7 heteroatoms. The Kier molecular flexibility index (Phi) is 6.13. The molecule has 0 saturated carbocycles. The van der Waals surface area contributed by atoms with Crippen molar-refractivity contribution in [2.24, 2.45) is 0 Å². The van der Waals surface area contributed by atoms with Gasteiger partial charge in [-0.15, -0.1) is 0 Å². The third-order valence-electron chi connectivity index (χ3n) is 5.70. The quantitative estimate of drug-likeness (QED) is 0.586. The van der Waals surface area contributed by atoms with Crippen molar-refractivity contribution in [2.75, 3.05) is 46.8 Å². The van der Waals surface area contributed by atoms with Crippen LogP contribution in [-0.4, -0.2) is 46.1 Å². The highest BCUT2D eigenvalue weighted by atomic mass is 32.2.